The monoisotopic (exact) mass is 548 g/mol. The minimum atomic E-state index is -0.617. The molecule has 8 nitrogen and oxygen atoms in total. The molecule has 226 valence electrons. The molecule has 1 heterocycles. The van der Waals surface area contributed by atoms with Crippen molar-refractivity contribution in [2.75, 3.05) is 26.2 Å². The summed E-state index contributed by atoms with van der Waals surface area (Å²) in [5, 5.41) is 9.19. The minimum Gasteiger partial charge on any atom is -0.354 e. The van der Waals surface area contributed by atoms with Crippen LogP contribution in [-0.4, -0.2) is 54.0 Å². The Bertz CT molecular complexity index is 683. The third-order valence-electron chi connectivity index (χ3n) is 7.28. The molecule has 0 aliphatic carbocycles. The minimum absolute atomic E-state index is 0.0994. The molecule has 1 rings (SSSR count). The van der Waals surface area contributed by atoms with Crippen LogP contribution in [0.25, 0.3) is 0 Å². The molecule has 0 bridgehead atoms. The summed E-state index contributed by atoms with van der Waals surface area (Å²) in [4.78, 5) is 32.0. The van der Waals surface area contributed by atoms with Gasteiger partial charge >= 0.3 is 0 Å². The molecule has 1 aromatic rings. The molecule has 1 atom stereocenters. The summed E-state index contributed by atoms with van der Waals surface area (Å²) >= 11 is 0. The van der Waals surface area contributed by atoms with Crippen molar-refractivity contribution in [2.24, 2.45) is 5.73 Å². The van der Waals surface area contributed by atoms with Crippen molar-refractivity contribution in [3.05, 3.63) is 18.2 Å². The van der Waals surface area contributed by atoms with Crippen LogP contribution in [0.15, 0.2) is 12.5 Å². The second-order valence-corrected chi connectivity index (χ2v) is 11.0. The van der Waals surface area contributed by atoms with Crippen LogP contribution in [0, 0.1) is 0 Å². The molecule has 0 aromatic carbocycles. The quantitative estimate of drug-likeness (QED) is 0.0880. The van der Waals surface area contributed by atoms with Gasteiger partial charge in [0.15, 0.2) is 0 Å². The van der Waals surface area contributed by atoms with E-state index < -0.39 is 6.04 Å². The van der Waals surface area contributed by atoms with Crippen molar-refractivity contribution in [3.8, 4) is 0 Å². The van der Waals surface area contributed by atoms with E-state index in [0.717, 1.165) is 25.2 Å². The highest BCUT2D eigenvalue weighted by molar-refractivity contribution is 5.87. The zero-order chi connectivity index (χ0) is 28.2. The molecule has 1 aromatic heterocycles. The van der Waals surface area contributed by atoms with E-state index in [4.69, 9.17) is 5.73 Å². The predicted molar refractivity (Wildman–Crippen MR) is 163 cm³/mol. The third-order valence-corrected chi connectivity index (χ3v) is 7.28. The van der Waals surface area contributed by atoms with Crippen molar-refractivity contribution in [2.45, 2.75) is 141 Å². The van der Waals surface area contributed by atoms with E-state index in [2.05, 4.69) is 32.8 Å². The topological polar surface area (TPSA) is 125 Å². The summed E-state index contributed by atoms with van der Waals surface area (Å²) in [5.41, 5.74) is 6.32. The van der Waals surface area contributed by atoms with E-state index in [0.29, 0.717) is 32.4 Å². The van der Waals surface area contributed by atoms with Crippen molar-refractivity contribution in [1.82, 2.24) is 25.9 Å². The Labute approximate surface area is 238 Å². The van der Waals surface area contributed by atoms with Gasteiger partial charge in [-0.1, -0.05) is 103 Å². The molecule has 0 radical (unpaired) electrons. The first-order valence-corrected chi connectivity index (χ1v) is 16.1. The molecule has 2 amide bonds. The van der Waals surface area contributed by atoms with Crippen LogP contribution in [0.5, 0.6) is 0 Å². The Balaban J connectivity index is 1.94. The number of nitrogens with zero attached hydrogens (tertiary/aromatic N) is 1. The van der Waals surface area contributed by atoms with Crippen LogP contribution in [-0.2, 0) is 16.0 Å². The highest BCUT2D eigenvalue weighted by Gasteiger charge is 2.21. The lowest BCUT2D eigenvalue weighted by Gasteiger charge is -2.18. The highest BCUT2D eigenvalue weighted by atomic mass is 16.2. The number of unbranched alkanes of at least 4 members (excludes halogenated alkanes) is 15. The first kappa shape index (κ1) is 35.1. The second-order valence-electron chi connectivity index (χ2n) is 11.0. The van der Waals surface area contributed by atoms with Crippen LogP contribution in [0.4, 0.5) is 0 Å². The molecule has 8 heteroatoms. The number of nitrogens with one attached hydrogen (secondary N) is 4. The van der Waals surface area contributed by atoms with Gasteiger partial charge in [0, 0.05) is 31.3 Å². The smallest absolute Gasteiger partial charge is 0.242 e. The van der Waals surface area contributed by atoms with Gasteiger partial charge < -0.3 is 26.7 Å². The molecule has 0 aliphatic heterocycles. The second kappa shape index (κ2) is 26.3. The Morgan fingerprint density at radius 1 is 0.795 bits per heavy atom. The number of aromatic amines is 1. The average molecular weight is 549 g/mol. The van der Waals surface area contributed by atoms with Crippen LogP contribution >= 0.6 is 0 Å². The van der Waals surface area contributed by atoms with E-state index in [9.17, 15) is 9.59 Å². The third kappa shape index (κ3) is 21.6. The van der Waals surface area contributed by atoms with E-state index in [1.807, 2.05) is 0 Å². The number of imidazole rings is 1. The summed E-state index contributed by atoms with van der Waals surface area (Å²) in [5.74, 6) is -0.286. The van der Waals surface area contributed by atoms with Gasteiger partial charge in [0.2, 0.25) is 11.8 Å². The van der Waals surface area contributed by atoms with Gasteiger partial charge in [-0.25, -0.2) is 4.98 Å². The number of amides is 2. The standard InChI is InChI=1S/C31H60N6O2/c1-2-3-4-5-6-7-8-9-10-11-12-13-14-15-16-17-22-33-23-18-20-30(38)37-29(25-28-26-34-27-36-28)31(39)35-24-19-21-32/h26-27,29,33H,2-25,32H2,1H3,(H,34,36)(H,35,39)(H,37,38). The maximum Gasteiger partial charge on any atom is 0.242 e. The van der Waals surface area contributed by atoms with Gasteiger partial charge in [-0.2, -0.15) is 0 Å². The summed E-state index contributed by atoms with van der Waals surface area (Å²) in [6, 6.07) is -0.617. The zero-order valence-electron chi connectivity index (χ0n) is 25.0. The zero-order valence-corrected chi connectivity index (χ0v) is 25.0. The van der Waals surface area contributed by atoms with Gasteiger partial charge in [-0.05, 0) is 38.9 Å². The van der Waals surface area contributed by atoms with Gasteiger partial charge in [-0.3, -0.25) is 9.59 Å². The first-order valence-electron chi connectivity index (χ1n) is 16.1. The molecule has 39 heavy (non-hydrogen) atoms. The summed E-state index contributed by atoms with van der Waals surface area (Å²) in [6.07, 6.45) is 27.6. The Morgan fingerprint density at radius 2 is 1.36 bits per heavy atom. The SMILES string of the molecule is CCCCCCCCCCCCCCCCCCNCCCC(=O)NC(Cc1cnc[nH]1)C(=O)NCCCN. The number of hydrogen-bond acceptors (Lipinski definition) is 5. The summed E-state index contributed by atoms with van der Waals surface area (Å²) < 4.78 is 0. The van der Waals surface area contributed by atoms with E-state index in [1.54, 1.807) is 12.5 Å². The van der Waals surface area contributed by atoms with Crippen LogP contribution in [0.3, 0.4) is 0 Å². The molecular formula is C31H60N6O2. The number of nitrogens with two attached hydrogens (primary N) is 1. The van der Waals surface area contributed by atoms with Crippen molar-refractivity contribution in [1.29, 1.82) is 0 Å². The largest absolute Gasteiger partial charge is 0.354 e. The van der Waals surface area contributed by atoms with Crippen LogP contribution in [0.2, 0.25) is 0 Å². The van der Waals surface area contributed by atoms with Gasteiger partial charge in [0.1, 0.15) is 6.04 Å². The Morgan fingerprint density at radius 3 is 1.90 bits per heavy atom. The number of aromatic nitrogens is 2. The molecule has 0 saturated carbocycles. The normalized spacial score (nSPS) is 11.9. The summed E-state index contributed by atoms with van der Waals surface area (Å²) in [6.45, 7) is 5.13. The van der Waals surface area contributed by atoms with E-state index in [-0.39, 0.29) is 11.8 Å². The molecule has 6 N–H and O–H groups in total. The number of carbonyl (C=O) groups is 2. The number of H-pyrrole nitrogens is 1. The number of rotatable bonds is 28. The first-order chi connectivity index (χ1) is 19.2. The Kier molecular flexibility index (Phi) is 23.7. The maximum atomic E-state index is 12.5. The lowest BCUT2D eigenvalue weighted by atomic mass is 10.0. The van der Waals surface area contributed by atoms with Crippen molar-refractivity contribution in [3.63, 3.8) is 0 Å². The van der Waals surface area contributed by atoms with Crippen molar-refractivity contribution >= 4 is 11.8 Å². The molecule has 0 spiro atoms. The molecular weight excluding hydrogens is 488 g/mol. The fourth-order valence-corrected chi connectivity index (χ4v) is 4.83. The van der Waals surface area contributed by atoms with Gasteiger partial charge in [-0.15, -0.1) is 0 Å². The van der Waals surface area contributed by atoms with Crippen LogP contribution < -0.4 is 21.7 Å². The fraction of sp³-hybridized carbons (Fsp3) is 0.839. The molecule has 0 aliphatic rings. The van der Waals surface area contributed by atoms with Gasteiger partial charge in [0.25, 0.3) is 0 Å². The maximum absolute atomic E-state index is 12.5. The number of carbonyl (C=O) groups excluding carboxylic acids is 2. The Hall–Kier alpha value is -1.93. The summed E-state index contributed by atoms with van der Waals surface area (Å²) in [7, 11) is 0. The van der Waals surface area contributed by atoms with E-state index >= 15 is 0 Å². The average Bonchev–Trinajstić information content (AvgIpc) is 3.45. The number of hydrogen-bond donors (Lipinski definition) is 5. The van der Waals surface area contributed by atoms with Crippen LogP contribution in [0.1, 0.15) is 135 Å². The van der Waals surface area contributed by atoms with Crippen molar-refractivity contribution < 1.29 is 9.59 Å². The lowest BCUT2D eigenvalue weighted by Crippen LogP contribution is -2.48. The molecule has 0 saturated heterocycles. The molecule has 0 fully saturated rings. The fourth-order valence-electron chi connectivity index (χ4n) is 4.83. The van der Waals surface area contributed by atoms with Gasteiger partial charge in [0.05, 0.1) is 6.33 Å². The van der Waals surface area contributed by atoms with E-state index in [1.165, 1.54) is 103 Å². The highest BCUT2D eigenvalue weighted by Crippen LogP contribution is 2.13. The molecule has 1 unspecified atom stereocenters. The predicted octanol–water partition coefficient (Wildman–Crippen LogP) is 5.53. The lowest BCUT2D eigenvalue weighted by molar-refractivity contribution is -0.129.